The van der Waals surface area contributed by atoms with Gasteiger partial charge in [-0.3, -0.25) is 4.90 Å². The third kappa shape index (κ3) is 4.22. The Morgan fingerprint density at radius 2 is 2.21 bits per heavy atom. The molecule has 0 spiro atoms. The Morgan fingerprint density at radius 3 is 3.00 bits per heavy atom. The van der Waals surface area contributed by atoms with Crippen molar-refractivity contribution in [3.63, 3.8) is 0 Å². The molecule has 2 rings (SSSR count). The van der Waals surface area contributed by atoms with E-state index in [-0.39, 0.29) is 0 Å². The molecule has 0 saturated carbocycles. The molecule has 1 aliphatic heterocycles. The number of para-hydroxylation sites is 1. The second kappa shape index (κ2) is 7.51. The van der Waals surface area contributed by atoms with E-state index in [9.17, 15) is 0 Å². The van der Waals surface area contributed by atoms with Crippen LogP contribution in [0.2, 0.25) is 0 Å². The first-order chi connectivity index (χ1) is 9.33. The number of benzene rings is 1. The van der Waals surface area contributed by atoms with Crippen molar-refractivity contribution >= 4 is 0 Å². The maximum absolute atomic E-state index is 5.44. The first-order valence-electron chi connectivity index (χ1n) is 7.41. The lowest BCUT2D eigenvalue weighted by molar-refractivity contribution is 0.182. The second-order valence-corrected chi connectivity index (χ2v) is 5.34. The molecule has 1 aromatic rings. The van der Waals surface area contributed by atoms with Gasteiger partial charge in [-0.05, 0) is 38.4 Å². The van der Waals surface area contributed by atoms with E-state index in [2.05, 4.69) is 29.3 Å². The number of ether oxygens (including phenoxy) is 1. The van der Waals surface area contributed by atoms with Crippen LogP contribution >= 0.6 is 0 Å². The highest BCUT2D eigenvalue weighted by Crippen LogP contribution is 2.21. The molecule has 1 saturated heterocycles. The van der Waals surface area contributed by atoms with E-state index >= 15 is 0 Å². The molecule has 1 unspecified atom stereocenters. The van der Waals surface area contributed by atoms with Gasteiger partial charge in [0.15, 0.2) is 0 Å². The maximum atomic E-state index is 5.44. The Balaban J connectivity index is 1.91. The summed E-state index contributed by atoms with van der Waals surface area (Å²) in [6.45, 7) is 6.70. The Labute approximate surface area is 116 Å². The van der Waals surface area contributed by atoms with Crippen LogP contribution in [0.25, 0.3) is 0 Å². The van der Waals surface area contributed by atoms with Crippen LogP contribution in [0.4, 0.5) is 0 Å². The van der Waals surface area contributed by atoms with Crippen molar-refractivity contribution < 1.29 is 4.74 Å². The minimum absolute atomic E-state index is 0.656. The van der Waals surface area contributed by atoms with Crippen molar-refractivity contribution in [3.05, 3.63) is 29.8 Å². The number of hydrogen-bond donors (Lipinski definition) is 1. The number of methoxy groups -OCH3 is 1. The molecule has 19 heavy (non-hydrogen) atoms. The van der Waals surface area contributed by atoms with E-state index in [1.165, 1.54) is 31.4 Å². The summed E-state index contributed by atoms with van der Waals surface area (Å²) in [5, 5.41) is 3.64. The Morgan fingerprint density at radius 1 is 1.37 bits per heavy atom. The third-order valence-electron chi connectivity index (χ3n) is 3.77. The van der Waals surface area contributed by atoms with Gasteiger partial charge in [-0.2, -0.15) is 0 Å². The summed E-state index contributed by atoms with van der Waals surface area (Å²) in [5.41, 5.74) is 1.29. The van der Waals surface area contributed by atoms with Gasteiger partial charge in [0.2, 0.25) is 0 Å². The van der Waals surface area contributed by atoms with Gasteiger partial charge in [0.1, 0.15) is 5.75 Å². The molecule has 1 atom stereocenters. The van der Waals surface area contributed by atoms with Crippen molar-refractivity contribution in [3.8, 4) is 5.75 Å². The number of hydrogen-bond acceptors (Lipinski definition) is 3. The molecule has 0 bridgehead atoms. The second-order valence-electron chi connectivity index (χ2n) is 5.34. The molecule has 1 aliphatic rings. The van der Waals surface area contributed by atoms with Crippen molar-refractivity contribution in [1.82, 2.24) is 10.2 Å². The summed E-state index contributed by atoms with van der Waals surface area (Å²) < 4.78 is 5.44. The molecule has 0 aromatic heterocycles. The van der Waals surface area contributed by atoms with Crippen LogP contribution in [-0.2, 0) is 6.54 Å². The fourth-order valence-corrected chi connectivity index (χ4v) is 2.79. The van der Waals surface area contributed by atoms with Gasteiger partial charge in [-0.25, -0.2) is 0 Å². The van der Waals surface area contributed by atoms with Crippen LogP contribution in [0, 0.1) is 0 Å². The molecule has 3 nitrogen and oxygen atoms in total. The number of nitrogens with zero attached hydrogens (tertiary/aromatic N) is 1. The molecule has 1 aromatic carbocycles. The normalized spacial score (nSPS) is 20.4. The molecular formula is C16H26N2O. The quantitative estimate of drug-likeness (QED) is 0.853. The highest BCUT2D eigenvalue weighted by atomic mass is 16.5. The van der Waals surface area contributed by atoms with Gasteiger partial charge in [0.05, 0.1) is 7.11 Å². The number of piperidine rings is 1. The van der Waals surface area contributed by atoms with E-state index in [1.807, 2.05) is 12.1 Å². The predicted octanol–water partition coefficient (Wildman–Crippen LogP) is 2.66. The zero-order valence-electron chi connectivity index (χ0n) is 12.2. The molecule has 106 valence electrons. The summed E-state index contributed by atoms with van der Waals surface area (Å²) >= 11 is 0. The number of rotatable bonds is 6. The van der Waals surface area contributed by atoms with E-state index in [0.29, 0.717) is 6.04 Å². The van der Waals surface area contributed by atoms with Crippen LogP contribution in [0.15, 0.2) is 24.3 Å². The van der Waals surface area contributed by atoms with Gasteiger partial charge >= 0.3 is 0 Å². The zero-order valence-corrected chi connectivity index (χ0v) is 12.2. The Bertz CT molecular complexity index is 381. The largest absolute Gasteiger partial charge is 0.496 e. The van der Waals surface area contributed by atoms with Crippen LogP contribution in [0.5, 0.6) is 5.75 Å². The van der Waals surface area contributed by atoms with Gasteiger partial charge in [0.25, 0.3) is 0 Å². The van der Waals surface area contributed by atoms with Crippen molar-refractivity contribution in [1.29, 1.82) is 0 Å². The van der Waals surface area contributed by atoms with Gasteiger partial charge < -0.3 is 10.1 Å². The molecular weight excluding hydrogens is 236 g/mol. The fourth-order valence-electron chi connectivity index (χ4n) is 2.79. The van der Waals surface area contributed by atoms with E-state index in [1.54, 1.807) is 7.11 Å². The Kier molecular flexibility index (Phi) is 5.67. The van der Waals surface area contributed by atoms with Gasteiger partial charge in [-0.15, -0.1) is 0 Å². The highest BCUT2D eigenvalue weighted by Gasteiger charge is 2.19. The lowest BCUT2D eigenvalue weighted by Crippen LogP contribution is -2.45. The number of likely N-dealkylation sites (tertiary alicyclic amines) is 1. The smallest absolute Gasteiger partial charge is 0.123 e. The summed E-state index contributed by atoms with van der Waals surface area (Å²) in [6, 6.07) is 9.00. The summed E-state index contributed by atoms with van der Waals surface area (Å²) in [7, 11) is 1.75. The first-order valence-corrected chi connectivity index (χ1v) is 7.41. The van der Waals surface area contributed by atoms with Crippen LogP contribution in [0.3, 0.4) is 0 Å². The topological polar surface area (TPSA) is 24.5 Å². The molecule has 1 N–H and O–H groups in total. The van der Waals surface area contributed by atoms with Gasteiger partial charge in [0, 0.05) is 24.7 Å². The van der Waals surface area contributed by atoms with E-state index in [0.717, 1.165) is 25.4 Å². The van der Waals surface area contributed by atoms with Crippen LogP contribution in [-0.4, -0.2) is 37.7 Å². The number of nitrogens with one attached hydrogen (secondary N) is 1. The monoisotopic (exact) mass is 262 g/mol. The van der Waals surface area contributed by atoms with Crippen LogP contribution in [0.1, 0.15) is 31.7 Å². The SMILES string of the molecule is CCCNC1CCCN(Cc2ccccc2OC)C1. The van der Waals surface area contributed by atoms with Gasteiger partial charge in [-0.1, -0.05) is 25.1 Å². The lowest BCUT2D eigenvalue weighted by atomic mass is 10.0. The molecule has 3 heteroatoms. The highest BCUT2D eigenvalue weighted by molar-refractivity contribution is 5.33. The van der Waals surface area contributed by atoms with E-state index < -0.39 is 0 Å². The Hall–Kier alpha value is -1.06. The lowest BCUT2D eigenvalue weighted by Gasteiger charge is -2.33. The minimum atomic E-state index is 0.656. The average Bonchev–Trinajstić information content (AvgIpc) is 2.46. The van der Waals surface area contributed by atoms with E-state index in [4.69, 9.17) is 4.74 Å². The fraction of sp³-hybridized carbons (Fsp3) is 0.625. The zero-order chi connectivity index (χ0) is 13.5. The minimum Gasteiger partial charge on any atom is -0.496 e. The first kappa shape index (κ1) is 14.4. The van der Waals surface area contributed by atoms with Crippen molar-refractivity contribution in [2.75, 3.05) is 26.7 Å². The average molecular weight is 262 g/mol. The van der Waals surface area contributed by atoms with Crippen molar-refractivity contribution in [2.45, 2.75) is 38.8 Å². The maximum Gasteiger partial charge on any atom is 0.123 e. The summed E-state index contributed by atoms with van der Waals surface area (Å²) in [6.07, 6.45) is 3.81. The predicted molar refractivity (Wildman–Crippen MR) is 79.6 cm³/mol. The molecule has 0 aliphatic carbocycles. The molecule has 1 fully saturated rings. The molecule has 0 radical (unpaired) electrons. The van der Waals surface area contributed by atoms with Crippen LogP contribution < -0.4 is 10.1 Å². The van der Waals surface area contributed by atoms with Crippen molar-refractivity contribution in [2.24, 2.45) is 0 Å². The summed E-state index contributed by atoms with van der Waals surface area (Å²) in [4.78, 5) is 2.54. The standard InChI is InChI=1S/C16H26N2O/c1-3-10-17-15-8-6-11-18(13-15)12-14-7-4-5-9-16(14)19-2/h4-5,7,9,15,17H,3,6,8,10-13H2,1-2H3. The summed E-state index contributed by atoms with van der Waals surface area (Å²) in [5.74, 6) is 1.01. The molecule has 0 amide bonds. The third-order valence-corrected chi connectivity index (χ3v) is 3.77. The molecule has 1 heterocycles.